The van der Waals surface area contributed by atoms with Gasteiger partial charge in [0.15, 0.2) is 0 Å². The fraction of sp³-hybridized carbons (Fsp3) is 0.750. The first-order chi connectivity index (χ1) is 3.27. The van der Waals surface area contributed by atoms with Gasteiger partial charge < -0.3 is 11.1 Å². The molecule has 0 aromatic carbocycles. The van der Waals surface area contributed by atoms with E-state index in [-0.39, 0.29) is 5.84 Å². The summed E-state index contributed by atoms with van der Waals surface area (Å²) in [7, 11) is 0. The summed E-state index contributed by atoms with van der Waals surface area (Å²) in [6.45, 7) is 3.36. The van der Waals surface area contributed by atoms with Gasteiger partial charge in [-0.05, 0) is 6.54 Å². The molecule has 0 fully saturated rings. The van der Waals surface area contributed by atoms with Crippen molar-refractivity contribution in [3.8, 4) is 0 Å². The van der Waals surface area contributed by atoms with Crippen LogP contribution in [-0.4, -0.2) is 18.9 Å². The molecule has 0 rings (SSSR count). The molecule has 3 nitrogen and oxygen atoms in total. The van der Waals surface area contributed by atoms with Crippen molar-refractivity contribution in [1.82, 2.24) is 5.32 Å². The minimum absolute atomic E-state index is 0.196. The Kier molecular flexibility index (Phi) is 3.32. The van der Waals surface area contributed by atoms with Crippen LogP contribution in [0.1, 0.15) is 6.92 Å². The van der Waals surface area contributed by atoms with E-state index in [1.807, 2.05) is 6.92 Å². The van der Waals surface area contributed by atoms with Gasteiger partial charge in [-0.1, -0.05) is 6.92 Å². The van der Waals surface area contributed by atoms with Gasteiger partial charge in [0.2, 0.25) is 0 Å². The molecule has 42 valence electrons. The van der Waals surface area contributed by atoms with Crippen LogP contribution in [0.4, 0.5) is 0 Å². The molecule has 0 radical (unpaired) electrons. The lowest BCUT2D eigenvalue weighted by Gasteiger charge is -1.94. The van der Waals surface area contributed by atoms with Crippen molar-refractivity contribution in [2.75, 3.05) is 13.1 Å². The van der Waals surface area contributed by atoms with Gasteiger partial charge in [0.25, 0.3) is 0 Å². The average molecular weight is 101 g/mol. The third-order valence-corrected chi connectivity index (χ3v) is 0.565. The largest absolute Gasteiger partial charge is 0.387 e. The Balaban J connectivity index is 2.82. The van der Waals surface area contributed by atoms with Crippen LogP contribution in [0, 0.1) is 5.41 Å². The van der Waals surface area contributed by atoms with Crippen LogP contribution < -0.4 is 11.1 Å². The van der Waals surface area contributed by atoms with Crippen molar-refractivity contribution in [2.45, 2.75) is 6.92 Å². The number of nitrogens with two attached hydrogens (primary N) is 1. The molecule has 0 saturated heterocycles. The fourth-order valence-corrected chi connectivity index (χ4v) is 0.260. The number of rotatable bonds is 3. The molecule has 0 aliphatic rings. The Labute approximate surface area is 43.4 Å². The van der Waals surface area contributed by atoms with Crippen LogP contribution in [0.3, 0.4) is 0 Å². The summed E-state index contributed by atoms with van der Waals surface area (Å²) in [4.78, 5) is 0. The van der Waals surface area contributed by atoms with Crippen molar-refractivity contribution in [1.29, 1.82) is 5.41 Å². The Morgan fingerprint density at radius 3 is 2.57 bits per heavy atom. The van der Waals surface area contributed by atoms with Crippen molar-refractivity contribution in [3.63, 3.8) is 0 Å². The molecular weight excluding hydrogens is 90.1 g/mol. The van der Waals surface area contributed by atoms with Crippen molar-refractivity contribution >= 4 is 5.84 Å². The van der Waals surface area contributed by atoms with Gasteiger partial charge in [-0.3, -0.25) is 5.41 Å². The average Bonchev–Trinajstić information content (AvgIpc) is 1.61. The van der Waals surface area contributed by atoms with E-state index < -0.39 is 0 Å². The molecule has 0 aromatic heterocycles. The van der Waals surface area contributed by atoms with Crippen LogP contribution in [0.2, 0.25) is 0 Å². The van der Waals surface area contributed by atoms with E-state index in [0.717, 1.165) is 6.54 Å². The topological polar surface area (TPSA) is 61.9 Å². The summed E-state index contributed by atoms with van der Waals surface area (Å²) in [5, 5.41) is 9.61. The monoisotopic (exact) mass is 101 g/mol. The third kappa shape index (κ3) is 5.43. The summed E-state index contributed by atoms with van der Waals surface area (Å²) >= 11 is 0. The van der Waals surface area contributed by atoms with Crippen LogP contribution in [-0.2, 0) is 0 Å². The van der Waals surface area contributed by atoms with Crippen LogP contribution in [0.25, 0.3) is 0 Å². The van der Waals surface area contributed by atoms with E-state index in [1.165, 1.54) is 0 Å². The lowest BCUT2D eigenvalue weighted by atomic mass is 10.6. The molecule has 7 heavy (non-hydrogen) atoms. The molecule has 3 heteroatoms. The Bertz CT molecular complexity index is 60.0. The zero-order valence-electron chi connectivity index (χ0n) is 4.49. The second-order valence-corrected chi connectivity index (χ2v) is 1.31. The van der Waals surface area contributed by atoms with Gasteiger partial charge in [0.05, 0.1) is 6.54 Å². The van der Waals surface area contributed by atoms with E-state index in [1.54, 1.807) is 0 Å². The Hall–Kier alpha value is -0.570. The van der Waals surface area contributed by atoms with Gasteiger partial charge in [-0.25, -0.2) is 0 Å². The minimum Gasteiger partial charge on any atom is -0.387 e. The van der Waals surface area contributed by atoms with E-state index in [9.17, 15) is 0 Å². The molecule has 0 saturated carbocycles. The number of nitrogens with one attached hydrogen (secondary N) is 2. The standard InChI is InChI=1S/C4H11N3/c1-2-7-3-4(5)6/h7H,2-3H2,1H3,(H3,5,6). The van der Waals surface area contributed by atoms with Gasteiger partial charge >= 0.3 is 0 Å². The number of hydrogen-bond acceptors (Lipinski definition) is 2. The fourth-order valence-electron chi connectivity index (χ4n) is 0.260. The van der Waals surface area contributed by atoms with E-state index >= 15 is 0 Å². The maximum Gasteiger partial charge on any atom is 0.105 e. The predicted molar refractivity (Wildman–Crippen MR) is 30.5 cm³/mol. The summed E-state index contributed by atoms with van der Waals surface area (Å²) in [6.07, 6.45) is 0. The lowest BCUT2D eigenvalue weighted by Crippen LogP contribution is -2.27. The summed E-state index contributed by atoms with van der Waals surface area (Å²) < 4.78 is 0. The zero-order chi connectivity index (χ0) is 5.70. The predicted octanol–water partition coefficient (Wildman–Crippen LogP) is -0.468. The van der Waals surface area contributed by atoms with E-state index in [2.05, 4.69) is 5.32 Å². The molecule has 0 aliphatic carbocycles. The molecule has 0 aromatic rings. The second kappa shape index (κ2) is 3.61. The van der Waals surface area contributed by atoms with Crippen molar-refractivity contribution in [2.24, 2.45) is 5.73 Å². The first kappa shape index (κ1) is 6.43. The SMILES string of the molecule is CCNCC(=N)N. The van der Waals surface area contributed by atoms with Crippen LogP contribution in [0.15, 0.2) is 0 Å². The second-order valence-electron chi connectivity index (χ2n) is 1.31. The zero-order valence-corrected chi connectivity index (χ0v) is 4.49. The molecule has 4 N–H and O–H groups in total. The maximum atomic E-state index is 6.71. The highest BCUT2D eigenvalue weighted by Crippen LogP contribution is 1.53. The molecule has 0 aliphatic heterocycles. The Morgan fingerprint density at radius 1 is 1.86 bits per heavy atom. The lowest BCUT2D eigenvalue weighted by molar-refractivity contribution is 0.811. The number of amidine groups is 1. The highest BCUT2D eigenvalue weighted by molar-refractivity contribution is 5.78. The molecule has 0 unspecified atom stereocenters. The highest BCUT2D eigenvalue weighted by Gasteiger charge is 1.81. The summed E-state index contributed by atoms with van der Waals surface area (Å²) in [5.74, 6) is 0.196. The van der Waals surface area contributed by atoms with E-state index in [4.69, 9.17) is 11.1 Å². The molecular formula is C4H11N3. The Morgan fingerprint density at radius 2 is 2.43 bits per heavy atom. The minimum atomic E-state index is 0.196. The normalized spacial score (nSPS) is 8.71. The van der Waals surface area contributed by atoms with E-state index in [0.29, 0.717) is 6.54 Å². The van der Waals surface area contributed by atoms with Crippen molar-refractivity contribution in [3.05, 3.63) is 0 Å². The smallest absolute Gasteiger partial charge is 0.105 e. The summed E-state index contributed by atoms with van der Waals surface area (Å²) in [6, 6.07) is 0. The first-order valence-electron chi connectivity index (χ1n) is 2.31. The number of likely N-dealkylation sites (N-methyl/N-ethyl adjacent to an activating group) is 1. The quantitative estimate of drug-likeness (QED) is 0.332. The highest BCUT2D eigenvalue weighted by atomic mass is 14.9. The summed E-state index contributed by atoms with van der Waals surface area (Å²) in [5.41, 5.74) is 5.00. The first-order valence-corrected chi connectivity index (χ1v) is 2.31. The van der Waals surface area contributed by atoms with Gasteiger partial charge in [0.1, 0.15) is 5.84 Å². The molecule has 0 bridgehead atoms. The molecule has 0 spiro atoms. The molecule has 0 amide bonds. The third-order valence-electron chi connectivity index (χ3n) is 0.565. The maximum absolute atomic E-state index is 6.71. The number of hydrogen-bond donors (Lipinski definition) is 3. The van der Waals surface area contributed by atoms with Gasteiger partial charge in [-0.15, -0.1) is 0 Å². The molecule has 0 atom stereocenters. The van der Waals surface area contributed by atoms with Crippen LogP contribution >= 0.6 is 0 Å². The van der Waals surface area contributed by atoms with Gasteiger partial charge in [-0.2, -0.15) is 0 Å². The van der Waals surface area contributed by atoms with Crippen molar-refractivity contribution < 1.29 is 0 Å². The van der Waals surface area contributed by atoms with Gasteiger partial charge in [0, 0.05) is 0 Å². The molecule has 0 heterocycles. The van der Waals surface area contributed by atoms with Crippen LogP contribution in [0.5, 0.6) is 0 Å².